The van der Waals surface area contributed by atoms with Gasteiger partial charge in [0.2, 0.25) is 0 Å². The van der Waals surface area contributed by atoms with Gasteiger partial charge in [0.25, 0.3) is 0 Å². The van der Waals surface area contributed by atoms with E-state index < -0.39 is 6.10 Å². The van der Waals surface area contributed by atoms with Crippen LogP contribution in [0.4, 0.5) is 0 Å². The van der Waals surface area contributed by atoms with Gasteiger partial charge in [0.05, 0.1) is 0 Å². The fourth-order valence-electron chi connectivity index (χ4n) is 7.84. The molecule has 0 aromatic heterocycles. The molecule has 0 heterocycles. The zero-order chi connectivity index (χ0) is 44.4. The van der Waals surface area contributed by atoms with Gasteiger partial charge in [-0.3, -0.25) is 14.4 Å². The van der Waals surface area contributed by atoms with Crippen molar-refractivity contribution in [2.45, 2.75) is 297 Å². The van der Waals surface area contributed by atoms with Crippen molar-refractivity contribution >= 4 is 17.9 Å². The molecule has 0 amide bonds. The lowest BCUT2D eigenvalue weighted by Gasteiger charge is -2.18. The fraction of sp³-hybridized carbons (Fsp3) is 0.873. The maximum absolute atomic E-state index is 12.8. The van der Waals surface area contributed by atoms with Gasteiger partial charge in [-0.05, 0) is 70.6 Å². The first-order valence-corrected chi connectivity index (χ1v) is 26.8. The quantitative estimate of drug-likeness (QED) is 0.0262. The number of hydrogen-bond acceptors (Lipinski definition) is 6. The Labute approximate surface area is 379 Å². The molecule has 0 saturated carbocycles. The number of esters is 3. The summed E-state index contributed by atoms with van der Waals surface area (Å²) in [5.41, 5.74) is 0. The summed E-state index contributed by atoms with van der Waals surface area (Å²) < 4.78 is 16.8. The van der Waals surface area contributed by atoms with Gasteiger partial charge >= 0.3 is 17.9 Å². The van der Waals surface area contributed by atoms with Crippen LogP contribution in [-0.4, -0.2) is 37.2 Å². The van der Waals surface area contributed by atoms with Crippen molar-refractivity contribution in [1.29, 1.82) is 0 Å². The van der Waals surface area contributed by atoms with Crippen molar-refractivity contribution in [1.82, 2.24) is 0 Å². The lowest BCUT2D eigenvalue weighted by molar-refractivity contribution is -0.167. The van der Waals surface area contributed by atoms with E-state index in [-0.39, 0.29) is 31.1 Å². The number of ether oxygens (including phenoxy) is 3. The molecule has 1 unspecified atom stereocenters. The van der Waals surface area contributed by atoms with Gasteiger partial charge in [-0.1, -0.05) is 225 Å². The van der Waals surface area contributed by atoms with Crippen LogP contribution in [-0.2, 0) is 28.6 Å². The molecule has 0 radical (unpaired) electrons. The van der Waals surface area contributed by atoms with E-state index in [0.29, 0.717) is 19.3 Å². The Hall–Kier alpha value is -2.11. The van der Waals surface area contributed by atoms with Crippen LogP contribution in [0, 0.1) is 0 Å². The van der Waals surface area contributed by atoms with Crippen LogP contribution >= 0.6 is 0 Å². The van der Waals surface area contributed by atoms with Crippen LogP contribution in [0.3, 0.4) is 0 Å². The second-order valence-electron chi connectivity index (χ2n) is 18.1. The SMILES string of the molecule is CCCCCCCCC/C=C\CCCCCCCCCC(=O)OCC(COC(=O)CCCCCCCCCCC)OC(=O)CCCCCCC/C=C\CCCCCCCCC. The second kappa shape index (κ2) is 50.5. The number of carbonyl (C=O) groups excluding carboxylic acids is 3. The van der Waals surface area contributed by atoms with E-state index in [1.807, 2.05) is 0 Å². The van der Waals surface area contributed by atoms with Gasteiger partial charge in [-0.25, -0.2) is 0 Å². The van der Waals surface area contributed by atoms with Crippen molar-refractivity contribution < 1.29 is 28.6 Å². The zero-order valence-electron chi connectivity index (χ0n) is 40.9. The second-order valence-corrected chi connectivity index (χ2v) is 18.1. The van der Waals surface area contributed by atoms with Crippen LogP contribution in [0.1, 0.15) is 290 Å². The molecule has 1 atom stereocenters. The van der Waals surface area contributed by atoms with Gasteiger partial charge in [0.15, 0.2) is 6.10 Å². The zero-order valence-corrected chi connectivity index (χ0v) is 40.9. The van der Waals surface area contributed by atoms with E-state index in [2.05, 4.69) is 45.1 Å². The van der Waals surface area contributed by atoms with Crippen molar-refractivity contribution in [2.24, 2.45) is 0 Å². The third-order valence-corrected chi connectivity index (χ3v) is 11.9. The van der Waals surface area contributed by atoms with E-state index in [9.17, 15) is 14.4 Å². The number of allylic oxidation sites excluding steroid dienone is 4. The van der Waals surface area contributed by atoms with E-state index in [0.717, 1.165) is 64.2 Å². The Morgan fingerprint density at radius 2 is 0.541 bits per heavy atom. The number of carbonyl (C=O) groups is 3. The average molecular weight is 859 g/mol. The number of hydrogen-bond donors (Lipinski definition) is 0. The van der Waals surface area contributed by atoms with E-state index >= 15 is 0 Å². The monoisotopic (exact) mass is 859 g/mol. The Kier molecular flexibility index (Phi) is 48.8. The largest absolute Gasteiger partial charge is 0.462 e. The van der Waals surface area contributed by atoms with Crippen molar-refractivity contribution in [3.8, 4) is 0 Å². The van der Waals surface area contributed by atoms with Gasteiger partial charge in [-0.15, -0.1) is 0 Å². The third-order valence-electron chi connectivity index (χ3n) is 11.9. The van der Waals surface area contributed by atoms with Gasteiger partial charge < -0.3 is 14.2 Å². The third kappa shape index (κ3) is 48.8. The highest BCUT2D eigenvalue weighted by Gasteiger charge is 2.19. The standard InChI is InChI=1S/C55H102O6/c1-4-7-10-13-16-19-21-23-25-27-28-30-31-33-36-39-42-45-48-54(57)60-51-52(50-59-53(56)47-44-41-38-35-18-15-12-9-6-3)61-55(58)49-46-43-40-37-34-32-29-26-24-22-20-17-14-11-8-5-2/h25-27,29,52H,4-24,28,30-51H2,1-3H3/b27-25-,29-26-. The summed E-state index contributed by atoms with van der Waals surface area (Å²) in [5.74, 6) is -0.875. The lowest BCUT2D eigenvalue weighted by atomic mass is 10.1. The molecule has 358 valence electrons. The lowest BCUT2D eigenvalue weighted by Crippen LogP contribution is -2.30. The Morgan fingerprint density at radius 3 is 0.820 bits per heavy atom. The average Bonchev–Trinajstić information content (AvgIpc) is 3.26. The predicted molar refractivity (Wildman–Crippen MR) is 261 cm³/mol. The summed E-state index contributed by atoms with van der Waals surface area (Å²) in [6.07, 6.45) is 57.4. The molecule has 0 aliphatic heterocycles. The molecule has 61 heavy (non-hydrogen) atoms. The van der Waals surface area contributed by atoms with E-state index in [4.69, 9.17) is 14.2 Å². The maximum Gasteiger partial charge on any atom is 0.306 e. The molecule has 0 spiro atoms. The number of rotatable bonds is 49. The molecular weight excluding hydrogens is 757 g/mol. The molecule has 0 aliphatic carbocycles. The van der Waals surface area contributed by atoms with Crippen LogP contribution in [0.2, 0.25) is 0 Å². The summed E-state index contributed by atoms with van der Waals surface area (Å²) in [7, 11) is 0. The van der Waals surface area contributed by atoms with Gasteiger partial charge in [-0.2, -0.15) is 0 Å². The fourth-order valence-corrected chi connectivity index (χ4v) is 7.84. The molecule has 6 nitrogen and oxygen atoms in total. The van der Waals surface area contributed by atoms with Crippen LogP contribution in [0.5, 0.6) is 0 Å². The van der Waals surface area contributed by atoms with Gasteiger partial charge in [0.1, 0.15) is 13.2 Å². The molecule has 0 rings (SSSR count). The Bertz CT molecular complexity index is 989. The van der Waals surface area contributed by atoms with E-state index in [1.165, 1.54) is 186 Å². The summed E-state index contributed by atoms with van der Waals surface area (Å²) in [4.78, 5) is 37.9. The molecule has 0 aromatic rings. The Balaban J connectivity index is 4.29. The van der Waals surface area contributed by atoms with Crippen molar-refractivity contribution in [2.75, 3.05) is 13.2 Å². The molecule has 0 aliphatic rings. The van der Waals surface area contributed by atoms with Crippen molar-refractivity contribution in [3.63, 3.8) is 0 Å². The summed E-state index contributed by atoms with van der Waals surface area (Å²) in [5, 5.41) is 0. The van der Waals surface area contributed by atoms with Crippen LogP contribution < -0.4 is 0 Å². The molecule has 6 heteroatoms. The summed E-state index contributed by atoms with van der Waals surface area (Å²) in [6, 6.07) is 0. The molecule has 0 aromatic carbocycles. The summed E-state index contributed by atoms with van der Waals surface area (Å²) >= 11 is 0. The molecular formula is C55H102O6. The van der Waals surface area contributed by atoms with E-state index in [1.54, 1.807) is 0 Å². The van der Waals surface area contributed by atoms with Crippen molar-refractivity contribution in [3.05, 3.63) is 24.3 Å². The highest BCUT2D eigenvalue weighted by Crippen LogP contribution is 2.15. The van der Waals surface area contributed by atoms with Gasteiger partial charge in [0, 0.05) is 19.3 Å². The molecule has 0 N–H and O–H groups in total. The maximum atomic E-state index is 12.8. The summed E-state index contributed by atoms with van der Waals surface area (Å²) in [6.45, 7) is 6.63. The molecule has 0 fully saturated rings. The van der Waals surface area contributed by atoms with Crippen LogP contribution in [0.25, 0.3) is 0 Å². The molecule has 0 saturated heterocycles. The topological polar surface area (TPSA) is 78.9 Å². The highest BCUT2D eigenvalue weighted by atomic mass is 16.6. The minimum absolute atomic E-state index is 0.0727. The predicted octanol–water partition coefficient (Wildman–Crippen LogP) is 17.5. The first-order valence-electron chi connectivity index (χ1n) is 26.8. The minimum atomic E-state index is -0.772. The normalized spacial score (nSPS) is 12.1. The smallest absolute Gasteiger partial charge is 0.306 e. The first kappa shape index (κ1) is 58.9. The molecule has 0 bridgehead atoms. The Morgan fingerprint density at radius 1 is 0.311 bits per heavy atom. The number of unbranched alkanes of at least 4 members (excludes halogenated alkanes) is 34. The minimum Gasteiger partial charge on any atom is -0.462 e. The van der Waals surface area contributed by atoms with Crippen LogP contribution in [0.15, 0.2) is 24.3 Å². The first-order chi connectivity index (χ1) is 30.0. The highest BCUT2D eigenvalue weighted by molar-refractivity contribution is 5.71.